The summed E-state index contributed by atoms with van der Waals surface area (Å²) in [4.78, 5) is 11.9. The molecule has 0 aromatic heterocycles. The molecular formula is C15H25N3O2. The number of hydrogen-bond donors (Lipinski definition) is 3. The Balaban J connectivity index is 2.65. The van der Waals surface area contributed by atoms with Crippen LogP contribution in [-0.2, 0) is 4.74 Å². The van der Waals surface area contributed by atoms with E-state index in [1.54, 1.807) is 19.2 Å². The Bertz CT molecular complexity index is 435. The summed E-state index contributed by atoms with van der Waals surface area (Å²) in [6.45, 7) is 5.25. The van der Waals surface area contributed by atoms with Crippen molar-refractivity contribution in [2.24, 2.45) is 0 Å². The number of ether oxygens (including phenoxy) is 1. The first-order valence-corrected chi connectivity index (χ1v) is 7.01. The topological polar surface area (TPSA) is 76.4 Å². The van der Waals surface area contributed by atoms with Crippen LogP contribution >= 0.6 is 0 Å². The normalized spacial score (nSPS) is 11.9. The van der Waals surface area contributed by atoms with Crippen molar-refractivity contribution in [2.45, 2.75) is 32.7 Å². The molecule has 0 saturated heterocycles. The van der Waals surface area contributed by atoms with E-state index in [-0.39, 0.29) is 5.91 Å². The molecule has 4 N–H and O–H groups in total. The third kappa shape index (κ3) is 5.09. The van der Waals surface area contributed by atoms with Crippen LogP contribution in [0.2, 0.25) is 0 Å². The molecule has 1 amide bonds. The summed E-state index contributed by atoms with van der Waals surface area (Å²) in [5, 5.41) is 6.12. The molecule has 0 aliphatic carbocycles. The van der Waals surface area contributed by atoms with Crippen LogP contribution in [0.4, 0.5) is 11.4 Å². The molecule has 0 aliphatic rings. The number of nitrogen functional groups attached to an aromatic ring is 1. The van der Waals surface area contributed by atoms with Gasteiger partial charge in [-0.15, -0.1) is 0 Å². The zero-order valence-electron chi connectivity index (χ0n) is 12.5. The minimum atomic E-state index is -0.137. The molecule has 1 aromatic rings. The van der Waals surface area contributed by atoms with E-state index in [1.807, 2.05) is 6.07 Å². The van der Waals surface area contributed by atoms with Crippen molar-refractivity contribution in [3.8, 4) is 0 Å². The SMILES string of the molecule is CCCC(C)Nc1ccc(C(=O)NCCOC)cc1N. The van der Waals surface area contributed by atoms with Gasteiger partial charge in [0.15, 0.2) is 0 Å². The Labute approximate surface area is 120 Å². The highest BCUT2D eigenvalue weighted by molar-refractivity contribution is 5.96. The molecular weight excluding hydrogens is 254 g/mol. The molecule has 0 saturated carbocycles. The number of nitrogens with two attached hydrogens (primary N) is 1. The number of carbonyl (C=O) groups excluding carboxylic acids is 1. The third-order valence-electron chi connectivity index (χ3n) is 3.03. The molecule has 1 rings (SSSR count). The largest absolute Gasteiger partial charge is 0.397 e. The van der Waals surface area contributed by atoms with Gasteiger partial charge < -0.3 is 21.1 Å². The molecule has 0 radical (unpaired) electrons. The number of methoxy groups -OCH3 is 1. The van der Waals surface area contributed by atoms with E-state index < -0.39 is 0 Å². The van der Waals surface area contributed by atoms with Crippen molar-refractivity contribution in [2.75, 3.05) is 31.3 Å². The zero-order chi connectivity index (χ0) is 15.0. The monoisotopic (exact) mass is 279 g/mol. The summed E-state index contributed by atoms with van der Waals surface area (Å²) in [7, 11) is 1.60. The molecule has 0 bridgehead atoms. The van der Waals surface area contributed by atoms with Gasteiger partial charge >= 0.3 is 0 Å². The molecule has 1 atom stereocenters. The predicted octanol–water partition coefficient (Wildman–Crippen LogP) is 2.25. The highest BCUT2D eigenvalue weighted by atomic mass is 16.5. The van der Waals surface area contributed by atoms with E-state index in [0.29, 0.717) is 30.4 Å². The van der Waals surface area contributed by atoms with E-state index >= 15 is 0 Å². The summed E-state index contributed by atoms with van der Waals surface area (Å²) in [5.41, 5.74) is 8.02. The lowest BCUT2D eigenvalue weighted by Crippen LogP contribution is -2.27. The molecule has 0 aliphatic heterocycles. The van der Waals surface area contributed by atoms with E-state index in [2.05, 4.69) is 24.5 Å². The first kappa shape index (κ1) is 16.3. The summed E-state index contributed by atoms with van der Waals surface area (Å²) in [5.74, 6) is -0.137. The first-order chi connectivity index (χ1) is 9.58. The maximum absolute atomic E-state index is 11.9. The summed E-state index contributed by atoms with van der Waals surface area (Å²) in [6, 6.07) is 5.69. The van der Waals surface area contributed by atoms with Crippen LogP contribution in [-0.4, -0.2) is 32.2 Å². The van der Waals surface area contributed by atoms with Gasteiger partial charge in [-0.05, 0) is 31.5 Å². The summed E-state index contributed by atoms with van der Waals surface area (Å²) >= 11 is 0. The van der Waals surface area contributed by atoms with Crippen LogP contribution in [0.15, 0.2) is 18.2 Å². The first-order valence-electron chi connectivity index (χ1n) is 7.01. The Morgan fingerprint density at radius 3 is 2.80 bits per heavy atom. The van der Waals surface area contributed by atoms with Gasteiger partial charge in [0, 0.05) is 25.3 Å². The number of carbonyl (C=O) groups is 1. The fraction of sp³-hybridized carbons (Fsp3) is 0.533. The van der Waals surface area contributed by atoms with E-state index in [0.717, 1.165) is 18.5 Å². The van der Waals surface area contributed by atoms with Gasteiger partial charge in [-0.3, -0.25) is 4.79 Å². The number of hydrogen-bond acceptors (Lipinski definition) is 4. The highest BCUT2D eigenvalue weighted by Gasteiger charge is 2.09. The lowest BCUT2D eigenvalue weighted by molar-refractivity contribution is 0.0937. The van der Waals surface area contributed by atoms with Crippen LogP contribution in [0.5, 0.6) is 0 Å². The lowest BCUT2D eigenvalue weighted by Gasteiger charge is -2.16. The van der Waals surface area contributed by atoms with Crippen molar-refractivity contribution in [3.05, 3.63) is 23.8 Å². The quantitative estimate of drug-likeness (QED) is 0.504. The van der Waals surface area contributed by atoms with E-state index in [9.17, 15) is 4.79 Å². The van der Waals surface area contributed by atoms with Crippen molar-refractivity contribution >= 4 is 17.3 Å². The van der Waals surface area contributed by atoms with E-state index in [1.165, 1.54) is 0 Å². The van der Waals surface area contributed by atoms with Crippen molar-refractivity contribution in [3.63, 3.8) is 0 Å². The molecule has 1 unspecified atom stereocenters. The minimum Gasteiger partial charge on any atom is -0.397 e. The van der Waals surface area contributed by atoms with Crippen molar-refractivity contribution < 1.29 is 9.53 Å². The molecule has 5 heteroatoms. The number of nitrogens with one attached hydrogen (secondary N) is 2. The van der Waals surface area contributed by atoms with Gasteiger partial charge in [0.1, 0.15) is 0 Å². The number of rotatable bonds is 8. The highest BCUT2D eigenvalue weighted by Crippen LogP contribution is 2.21. The average Bonchev–Trinajstić information content (AvgIpc) is 2.41. The second-order valence-electron chi connectivity index (χ2n) is 4.88. The average molecular weight is 279 g/mol. The number of amides is 1. The molecule has 20 heavy (non-hydrogen) atoms. The molecule has 0 spiro atoms. The maximum atomic E-state index is 11.9. The predicted molar refractivity (Wildman–Crippen MR) is 83.1 cm³/mol. The molecule has 0 fully saturated rings. The molecule has 0 heterocycles. The molecule has 5 nitrogen and oxygen atoms in total. The van der Waals surface area contributed by atoms with Crippen LogP contribution in [0, 0.1) is 0 Å². The second kappa shape index (κ2) is 8.43. The van der Waals surface area contributed by atoms with Gasteiger partial charge in [0.25, 0.3) is 5.91 Å². The fourth-order valence-corrected chi connectivity index (χ4v) is 1.97. The van der Waals surface area contributed by atoms with E-state index in [4.69, 9.17) is 10.5 Å². The third-order valence-corrected chi connectivity index (χ3v) is 3.03. The van der Waals surface area contributed by atoms with Gasteiger partial charge in [-0.25, -0.2) is 0 Å². The fourth-order valence-electron chi connectivity index (χ4n) is 1.97. The van der Waals surface area contributed by atoms with Gasteiger partial charge in [0.2, 0.25) is 0 Å². The van der Waals surface area contributed by atoms with Gasteiger partial charge in [0.05, 0.1) is 18.0 Å². The van der Waals surface area contributed by atoms with Gasteiger partial charge in [-0.2, -0.15) is 0 Å². The minimum absolute atomic E-state index is 0.137. The molecule has 112 valence electrons. The van der Waals surface area contributed by atoms with Crippen LogP contribution in [0.25, 0.3) is 0 Å². The number of anilines is 2. The Morgan fingerprint density at radius 1 is 1.45 bits per heavy atom. The Hall–Kier alpha value is -1.75. The van der Waals surface area contributed by atoms with Crippen molar-refractivity contribution in [1.82, 2.24) is 5.32 Å². The van der Waals surface area contributed by atoms with Gasteiger partial charge in [-0.1, -0.05) is 13.3 Å². The smallest absolute Gasteiger partial charge is 0.251 e. The standard InChI is InChI=1S/C15H25N3O2/c1-4-5-11(2)18-14-7-6-12(10-13(14)16)15(19)17-8-9-20-3/h6-7,10-11,18H,4-5,8-9,16H2,1-3H3,(H,17,19). The lowest BCUT2D eigenvalue weighted by atomic mass is 10.1. The van der Waals surface area contributed by atoms with Crippen molar-refractivity contribution in [1.29, 1.82) is 0 Å². The molecule has 1 aromatic carbocycles. The van der Waals surface area contributed by atoms with Crippen LogP contribution in [0.3, 0.4) is 0 Å². The van der Waals surface area contributed by atoms with Crippen LogP contribution in [0.1, 0.15) is 37.0 Å². The van der Waals surface area contributed by atoms with Crippen LogP contribution < -0.4 is 16.4 Å². The summed E-state index contributed by atoms with van der Waals surface area (Å²) in [6.07, 6.45) is 2.20. The zero-order valence-corrected chi connectivity index (χ0v) is 12.5. The Morgan fingerprint density at radius 2 is 2.20 bits per heavy atom. The summed E-state index contributed by atoms with van der Waals surface area (Å²) < 4.78 is 4.89. The Kier molecular flexibility index (Phi) is 6.87. The maximum Gasteiger partial charge on any atom is 0.251 e. The second-order valence-corrected chi connectivity index (χ2v) is 4.88. The number of benzene rings is 1.